The van der Waals surface area contributed by atoms with E-state index in [0.29, 0.717) is 31.3 Å². The lowest BCUT2D eigenvalue weighted by molar-refractivity contribution is 0.248. The first-order valence-electron chi connectivity index (χ1n) is 6.04. The van der Waals surface area contributed by atoms with Gasteiger partial charge in [-0.25, -0.2) is 9.10 Å². The topological polar surface area (TPSA) is 32.3 Å². The Labute approximate surface area is 164 Å². The molecule has 0 bridgehead atoms. The van der Waals surface area contributed by atoms with E-state index >= 15 is 0 Å². The summed E-state index contributed by atoms with van der Waals surface area (Å²) < 4.78 is 0.935. The molecule has 0 atom stereocenters. The molecule has 0 aliphatic carbocycles. The largest absolute Gasteiger partial charge is 0.337 e. The predicted molar refractivity (Wildman–Crippen MR) is 104 cm³/mol. The van der Waals surface area contributed by atoms with Gasteiger partial charge < -0.3 is 5.32 Å². The molecular formula is C14H8Cl4N2OS2. The molecule has 0 aromatic heterocycles. The predicted octanol–water partition coefficient (Wildman–Crippen LogP) is 6.35. The zero-order valence-corrected chi connectivity index (χ0v) is 15.9. The van der Waals surface area contributed by atoms with Crippen molar-refractivity contribution >= 4 is 88.1 Å². The molecule has 2 aromatic rings. The lowest BCUT2D eigenvalue weighted by Gasteiger charge is -2.19. The van der Waals surface area contributed by atoms with E-state index in [1.165, 1.54) is 6.07 Å². The summed E-state index contributed by atoms with van der Waals surface area (Å²) in [5, 5.41) is 3.93. The second-order valence-corrected chi connectivity index (χ2v) is 6.69. The van der Waals surface area contributed by atoms with Crippen molar-refractivity contribution in [1.29, 1.82) is 0 Å². The van der Waals surface area contributed by atoms with E-state index in [2.05, 4.69) is 18.1 Å². The summed E-state index contributed by atoms with van der Waals surface area (Å²) in [7, 11) is 0. The van der Waals surface area contributed by atoms with E-state index in [1.54, 1.807) is 30.3 Å². The molecule has 3 nitrogen and oxygen atoms in total. The van der Waals surface area contributed by atoms with Crippen molar-refractivity contribution in [2.45, 2.75) is 0 Å². The minimum Gasteiger partial charge on any atom is -0.307 e. The summed E-state index contributed by atoms with van der Waals surface area (Å²) in [5.74, 6) is 0. The first kappa shape index (κ1) is 18.6. The molecule has 120 valence electrons. The monoisotopic (exact) mass is 424 g/mol. The Kier molecular flexibility index (Phi) is 6.42. The summed E-state index contributed by atoms with van der Waals surface area (Å²) in [6.07, 6.45) is 0. The standard InChI is InChI=1S/C14H8Cl4N2OS2/c15-8-5-4-7(6-11(8)18)19-14(21)20(23)13(22)12-9(16)2-1-3-10(12)17/h1-6,23H,(H,19,21). The fourth-order valence-electron chi connectivity index (χ4n) is 1.65. The smallest absolute Gasteiger partial charge is 0.307 e. The van der Waals surface area contributed by atoms with Crippen LogP contribution in [0.1, 0.15) is 5.56 Å². The average molecular weight is 426 g/mol. The third-order valence-electron chi connectivity index (χ3n) is 2.73. The lowest BCUT2D eigenvalue weighted by Crippen LogP contribution is -2.32. The van der Waals surface area contributed by atoms with Crippen molar-refractivity contribution < 1.29 is 4.79 Å². The van der Waals surface area contributed by atoms with Crippen LogP contribution in [0.5, 0.6) is 0 Å². The number of carbonyl (C=O) groups excluding carboxylic acids is 1. The maximum Gasteiger partial charge on any atom is 0.337 e. The maximum absolute atomic E-state index is 12.2. The number of anilines is 1. The van der Waals surface area contributed by atoms with Crippen molar-refractivity contribution in [2.75, 3.05) is 5.32 Å². The van der Waals surface area contributed by atoms with Gasteiger partial charge in [0, 0.05) is 11.3 Å². The molecule has 0 fully saturated rings. The van der Waals surface area contributed by atoms with Gasteiger partial charge in [0.05, 0.1) is 20.1 Å². The minimum absolute atomic E-state index is 0.0708. The molecule has 0 spiro atoms. The molecule has 0 unspecified atom stereocenters. The zero-order valence-electron chi connectivity index (χ0n) is 11.2. The SMILES string of the molecule is O=C(Nc1ccc(Cl)c(Cl)c1)N(S)C(=S)c1c(Cl)cccc1Cl. The highest BCUT2D eigenvalue weighted by Gasteiger charge is 2.21. The Morgan fingerprint density at radius 2 is 1.61 bits per heavy atom. The third kappa shape index (κ3) is 4.44. The van der Waals surface area contributed by atoms with Crippen LogP contribution < -0.4 is 5.32 Å². The second kappa shape index (κ2) is 7.92. The third-order valence-corrected chi connectivity index (χ3v) is 5.00. The van der Waals surface area contributed by atoms with Gasteiger partial charge >= 0.3 is 6.03 Å². The van der Waals surface area contributed by atoms with Crippen molar-refractivity contribution in [3.8, 4) is 0 Å². The highest BCUT2D eigenvalue weighted by Crippen LogP contribution is 2.28. The van der Waals surface area contributed by atoms with Crippen LogP contribution in [0.4, 0.5) is 10.5 Å². The van der Waals surface area contributed by atoms with Crippen LogP contribution >= 0.6 is 71.4 Å². The summed E-state index contributed by atoms with van der Waals surface area (Å²) in [5.41, 5.74) is 0.793. The van der Waals surface area contributed by atoms with Crippen molar-refractivity contribution in [3.05, 3.63) is 62.1 Å². The number of benzene rings is 2. The van der Waals surface area contributed by atoms with E-state index in [4.69, 9.17) is 58.6 Å². The van der Waals surface area contributed by atoms with Gasteiger partial charge in [0.1, 0.15) is 4.99 Å². The van der Waals surface area contributed by atoms with Crippen molar-refractivity contribution in [3.63, 3.8) is 0 Å². The number of hydrogen-bond acceptors (Lipinski definition) is 3. The number of thiocarbonyl (C=S) groups is 1. The highest BCUT2D eigenvalue weighted by atomic mass is 35.5. The molecule has 0 saturated heterocycles. The number of nitrogens with one attached hydrogen (secondary N) is 1. The van der Waals surface area contributed by atoms with Crippen LogP contribution in [0.2, 0.25) is 20.1 Å². The molecule has 0 saturated carbocycles. The molecule has 0 heterocycles. The minimum atomic E-state index is -0.590. The van der Waals surface area contributed by atoms with E-state index in [1.807, 2.05) is 0 Å². The molecule has 1 N–H and O–H groups in total. The van der Waals surface area contributed by atoms with Gasteiger partial charge in [0.15, 0.2) is 0 Å². The zero-order chi connectivity index (χ0) is 17.1. The van der Waals surface area contributed by atoms with Gasteiger partial charge in [-0.05, 0) is 30.3 Å². The van der Waals surface area contributed by atoms with Gasteiger partial charge in [-0.15, -0.1) is 0 Å². The number of carbonyl (C=O) groups is 1. The Morgan fingerprint density at radius 3 is 2.17 bits per heavy atom. The molecule has 23 heavy (non-hydrogen) atoms. The quantitative estimate of drug-likeness (QED) is 0.433. The van der Waals surface area contributed by atoms with Crippen LogP contribution in [0, 0.1) is 0 Å². The number of urea groups is 1. The van der Waals surface area contributed by atoms with Gasteiger partial charge in [0.25, 0.3) is 0 Å². The first-order valence-corrected chi connectivity index (χ1v) is 8.36. The highest BCUT2D eigenvalue weighted by molar-refractivity contribution is 7.85. The fourth-order valence-corrected chi connectivity index (χ4v) is 3.09. The van der Waals surface area contributed by atoms with E-state index < -0.39 is 6.03 Å². The molecule has 0 radical (unpaired) electrons. The fraction of sp³-hybridized carbons (Fsp3) is 0. The summed E-state index contributed by atoms with van der Waals surface area (Å²) in [6.45, 7) is 0. The van der Waals surface area contributed by atoms with E-state index in [-0.39, 0.29) is 4.99 Å². The van der Waals surface area contributed by atoms with E-state index in [9.17, 15) is 4.79 Å². The Balaban J connectivity index is 2.19. The number of nitrogens with zero attached hydrogens (tertiary/aromatic N) is 1. The molecule has 2 amide bonds. The van der Waals surface area contributed by atoms with E-state index in [0.717, 1.165) is 4.31 Å². The molecule has 9 heteroatoms. The number of hydrogen-bond donors (Lipinski definition) is 2. The van der Waals surface area contributed by atoms with Crippen LogP contribution in [0.15, 0.2) is 36.4 Å². The summed E-state index contributed by atoms with van der Waals surface area (Å²) in [4.78, 5) is 12.3. The molecular weight excluding hydrogens is 418 g/mol. The van der Waals surface area contributed by atoms with Crippen LogP contribution in [-0.4, -0.2) is 15.3 Å². The average Bonchev–Trinajstić information content (AvgIpc) is 2.49. The normalized spacial score (nSPS) is 10.3. The van der Waals surface area contributed by atoms with Crippen molar-refractivity contribution in [2.24, 2.45) is 0 Å². The number of thiol groups is 1. The molecule has 0 aliphatic heterocycles. The number of amides is 2. The Bertz CT molecular complexity index is 765. The lowest BCUT2D eigenvalue weighted by atomic mass is 10.2. The number of rotatable bonds is 2. The number of halogens is 4. The van der Waals surface area contributed by atoms with Crippen LogP contribution in [0.3, 0.4) is 0 Å². The van der Waals surface area contributed by atoms with Gasteiger partial charge in [-0.2, -0.15) is 0 Å². The Hall–Kier alpha value is -0.690. The van der Waals surface area contributed by atoms with Crippen LogP contribution in [-0.2, 0) is 0 Å². The molecule has 2 rings (SSSR count). The van der Waals surface area contributed by atoms with Crippen LogP contribution in [0.25, 0.3) is 0 Å². The van der Waals surface area contributed by atoms with Gasteiger partial charge in [-0.1, -0.05) is 77.5 Å². The summed E-state index contributed by atoms with van der Waals surface area (Å²) in [6, 6.07) is 8.99. The maximum atomic E-state index is 12.2. The van der Waals surface area contributed by atoms with Crippen molar-refractivity contribution in [1.82, 2.24) is 4.31 Å². The Morgan fingerprint density at radius 1 is 1.00 bits per heavy atom. The van der Waals surface area contributed by atoms with Gasteiger partial charge in [-0.3, -0.25) is 0 Å². The molecule has 0 aliphatic rings. The summed E-state index contributed by atoms with van der Waals surface area (Å²) >= 11 is 33.2. The molecule has 2 aromatic carbocycles. The second-order valence-electron chi connectivity index (χ2n) is 4.27. The first-order chi connectivity index (χ1) is 10.8. The van der Waals surface area contributed by atoms with Gasteiger partial charge in [0.2, 0.25) is 0 Å².